The SMILES string of the molecule is C[C@H](NC(=O)CSc1nc2ccccc2c(=O)n1-c1ccc(F)cc1F)C1CC1. The lowest BCUT2D eigenvalue weighted by molar-refractivity contribution is -0.119. The van der Waals surface area contributed by atoms with Gasteiger partial charge >= 0.3 is 0 Å². The molecule has 29 heavy (non-hydrogen) atoms. The summed E-state index contributed by atoms with van der Waals surface area (Å²) in [6.07, 6.45) is 2.23. The Balaban J connectivity index is 1.71. The van der Waals surface area contributed by atoms with E-state index in [1.165, 1.54) is 6.07 Å². The molecule has 150 valence electrons. The number of rotatable bonds is 6. The quantitative estimate of drug-likeness (QED) is 0.493. The van der Waals surface area contributed by atoms with Crippen molar-refractivity contribution in [2.45, 2.75) is 31.0 Å². The van der Waals surface area contributed by atoms with E-state index in [0.717, 1.165) is 41.3 Å². The monoisotopic (exact) mass is 415 g/mol. The van der Waals surface area contributed by atoms with Crippen molar-refractivity contribution >= 4 is 28.6 Å². The molecule has 2 aromatic carbocycles. The maximum atomic E-state index is 14.4. The summed E-state index contributed by atoms with van der Waals surface area (Å²) in [4.78, 5) is 29.8. The fraction of sp³-hybridized carbons (Fsp3) is 0.286. The van der Waals surface area contributed by atoms with Crippen LogP contribution in [-0.4, -0.2) is 27.3 Å². The number of carbonyl (C=O) groups excluding carboxylic acids is 1. The number of amides is 1. The van der Waals surface area contributed by atoms with Crippen molar-refractivity contribution < 1.29 is 13.6 Å². The number of fused-ring (bicyclic) bond motifs is 1. The molecular weight excluding hydrogens is 396 g/mol. The Morgan fingerprint density at radius 2 is 2.03 bits per heavy atom. The van der Waals surface area contributed by atoms with Crippen molar-refractivity contribution in [1.29, 1.82) is 0 Å². The van der Waals surface area contributed by atoms with E-state index in [9.17, 15) is 18.4 Å². The van der Waals surface area contributed by atoms with E-state index in [2.05, 4.69) is 10.3 Å². The smallest absolute Gasteiger partial charge is 0.266 e. The second-order valence-corrected chi connectivity index (χ2v) is 8.07. The van der Waals surface area contributed by atoms with Crippen LogP contribution in [0.1, 0.15) is 19.8 Å². The van der Waals surface area contributed by atoms with E-state index < -0.39 is 17.2 Å². The summed E-state index contributed by atoms with van der Waals surface area (Å²) in [5.74, 6) is -1.24. The number of hydrogen-bond donors (Lipinski definition) is 1. The lowest BCUT2D eigenvalue weighted by atomic mass is 10.2. The average Bonchev–Trinajstić information content (AvgIpc) is 3.53. The number of para-hydroxylation sites is 1. The van der Waals surface area contributed by atoms with Crippen LogP contribution < -0.4 is 10.9 Å². The Bertz CT molecular complexity index is 1140. The largest absolute Gasteiger partial charge is 0.353 e. The number of carbonyl (C=O) groups is 1. The number of benzene rings is 2. The molecule has 1 N–H and O–H groups in total. The van der Waals surface area contributed by atoms with Crippen molar-refractivity contribution in [2.24, 2.45) is 5.92 Å². The molecule has 5 nitrogen and oxygen atoms in total. The fourth-order valence-corrected chi connectivity index (χ4v) is 4.04. The maximum absolute atomic E-state index is 14.4. The Hall–Kier alpha value is -2.74. The van der Waals surface area contributed by atoms with Crippen molar-refractivity contribution in [3.05, 3.63) is 64.5 Å². The molecule has 1 saturated carbocycles. The van der Waals surface area contributed by atoms with Gasteiger partial charge in [0.2, 0.25) is 5.91 Å². The molecule has 1 aliphatic rings. The molecule has 1 heterocycles. The molecule has 0 bridgehead atoms. The third kappa shape index (κ3) is 4.17. The molecule has 0 radical (unpaired) electrons. The molecule has 0 saturated heterocycles. The van der Waals surface area contributed by atoms with Gasteiger partial charge in [-0.1, -0.05) is 23.9 Å². The molecule has 4 rings (SSSR count). The van der Waals surface area contributed by atoms with Gasteiger partial charge in [-0.2, -0.15) is 0 Å². The highest BCUT2D eigenvalue weighted by Gasteiger charge is 2.29. The molecule has 8 heteroatoms. The van der Waals surface area contributed by atoms with E-state index in [0.29, 0.717) is 16.8 Å². The highest BCUT2D eigenvalue weighted by atomic mass is 32.2. The minimum absolute atomic E-state index is 0.0324. The number of aromatic nitrogens is 2. The molecule has 3 aromatic rings. The van der Waals surface area contributed by atoms with Crippen LogP contribution >= 0.6 is 11.8 Å². The topological polar surface area (TPSA) is 64.0 Å². The number of thioether (sulfide) groups is 1. The normalized spacial score (nSPS) is 14.7. The zero-order chi connectivity index (χ0) is 20.5. The number of halogens is 2. The standard InChI is InChI=1S/C21H19F2N3O2S/c1-12(13-6-7-13)24-19(27)11-29-21-25-17-5-3-2-4-15(17)20(28)26(21)18-9-8-14(22)10-16(18)23/h2-5,8-10,12-13H,6-7,11H2,1H3,(H,24,27)/t12-/m0/s1. The third-order valence-corrected chi connectivity index (χ3v) is 5.88. The second kappa shape index (κ2) is 7.94. The van der Waals surface area contributed by atoms with Gasteiger partial charge in [0, 0.05) is 12.1 Å². The zero-order valence-electron chi connectivity index (χ0n) is 15.7. The van der Waals surface area contributed by atoms with Crippen LogP contribution in [0.4, 0.5) is 8.78 Å². The van der Waals surface area contributed by atoms with Gasteiger partial charge in [-0.3, -0.25) is 14.2 Å². The van der Waals surface area contributed by atoms with Gasteiger partial charge in [-0.15, -0.1) is 0 Å². The third-order valence-electron chi connectivity index (χ3n) is 4.95. The average molecular weight is 415 g/mol. The highest BCUT2D eigenvalue weighted by Crippen LogP contribution is 2.32. The van der Waals surface area contributed by atoms with E-state index in [-0.39, 0.29) is 28.5 Å². The summed E-state index contributed by atoms with van der Waals surface area (Å²) < 4.78 is 28.9. The van der Waals surface area contributed by atoms with Crippen LogP contribution in [0, 0.1) is 17.6 Å². The zero-order valence-corrected chi connectivity index (χ0v) is 16.5. The van der Waals surface area contributed by atoms with Crippen LogP contribution in [-0.2, 0) is 4.79 Å². The van der Waals surface area contributed by atoms with Crippen molar-refractivity contribution in [2.75, 3.05) is 5.75 Å². The second-order valence-electron chi connectivity index (χ2n) is 7.13. The van der Waals surface area contributed by atoms with Crippen LogP contribution in [0.3, 0.4) is 0 Å². The van der Waals surface area contributed by atoms with Gasteiger partial charge in [0.25, 0.3) is 5.56 Å². The minimum atomic E-state index is -0.877. The predicted molar refractivity (Wildman–Crippen MR) is 108 cm³/mol. The Morgan fingerprint density at radius 3 is 2.76 bits per heavy atom. The molecule has 1 amide bonds. The first-order valence-electron chi connectivity index (χ1n) is 9.33. The first-order valence-corrected chi connectivity index (χ1v) is 10.3. The number of nitrogens with one attached hydrogen (secondary N) is 1. The summed E-state index contributed by atoms with van der Waals surface area (Å²) in [5, 5.41) is 3.43. The van der Waals surface area contributed by atoms with Crippen molar-refractivity contribution in [1.82, 2.24) is 14.9 Å². The summed E-state index contributed by atoms with van der Waals surface area (Å²) in [7, 11) is 0. The van der Waals surface area contributed by atoms with E-state index in [4.69, 9.17) is 0 Å². The molecule has 0 spiro atoms. The molecule has 1 fully saturated rings. The summed E-state index contributed by atoms with van der Waals surface area (Å²) in [6.45, 7) is 1.97. The van der Waals surface area contributed by atoms with E-state index >= 15 is 0 Å². The lowest BCUT2D eigenvalue weighted by Gasteiger charge is -2.15. The molecular formula is C21H19F2N3O2S. The Morgan fingerprint density at radius 1 is 1.28 bits per heavy atom. The fourth-order valence-electron chi connectivity index (χ4n) is 3.22. The molecule has 1 aromatic heterocycles. The summed E-state index contributed by atoms with van der Waals surface area (Å²) >= 11 is 1.05. The van der Waals surface area contributed by atoms with Gasteiger partial charge in [-0.05, 0) is 49.9 Å². The van der Waals surface area contributed by atoms with Gasteiger partial charge < -0.3 is 5.32 Å². The van der Waals surface area contributed by atoms with Gasteiger partial charge in [0.1, 0.15) is 11.6 Å². The van der Waals surface area contributed by atoms with E-state index in [1.807, 2.05) is 6.92 Å². The van der Waals surface area contributed by atoms with E-state index in [1.54, 1.807) is 24.3 Å². The first kappa shape index (κ1) is 19.6. The van der Waals surface area contributed by atoms with Gasteiger partial charge in [0.05, 0.1) is 22.3 Å². The van der Waals surface area contributed by atoms with Crippen molar-refractivity contribution in [3.63, 3.8) is 0 Å². The lowest BCUT2D eigenvalue weighted by Crippen LogP contribution is -2.35. The van der Waals surface area contributed by atoms with Gasteiger partial charge in [-0.25, -0.2) is 13.8 Å². The molecule has 0 unspecified atom stereocenters. The van der Waals surface area contributed by atoms with Crippen LogP contribution in [0.25, 0.3) is 16.6 Å². The molecule has 1 aliphatic carbocycles. The van der Waals surface area contributed by atoms with Gasteiger partial charge in [0.15, 0.2) is 5.16 Å². The Labute approximate surface area is 170 Å². The molecule has 1 atom stereocenters. The van der Waals surface area contributed by atoms with Crippen LogP contribution in [0.5, 0.6) is 0 Å². The maximum Gasteiger partial charge on any atom is 0.266 e. The molecule has 0 aliphatic heterocycles. The number of nitrogens with zero attached hydrogens (tertiary/aromatic N) is 2. The summed E-state index contributed by atoms with van der Waals surface area (Å²) in [5.41, 5.74) is -0.134. The first-order chi connectivity index (χ1) is 13.9. The highest BCUT2D eigenvalue weighted by molar-refractivity contribution is 7.99. The van der Waals surface area contributed by atoms with Crippen LogP contribution in [0.2, 0.25) is 0 Å². The predicted octanol–water partition coefficient (Wildman–Crippen LogP) is 3.67. The Kier molecular flexibility index (Phi) is 5.36. The van der Waals surface area contributed by atoms with Crippen LogP contribution in [0.15, 0.2) is 52.4 Å². The van der Waals surface area contributed by atoms with Crippen molar-refractivity contribution in [3.8, 4) is 5.69 Å². The minimum Gasteiger partial charge on any atom is -0.353 e. The summed E-state index contributed by atoms with van der Waals surface area (Å²) in [6, 6.07) is 9.81. The number of hydrogen-bond acceptors (Lipinski definition) is 4.